The van der Waals surface area contributed by atoms with Gasteiger partial charge in [-0.25, -0.2) is 9.98 Å². The molecule has 0 unspecified atom stereocenters. The van der Waals surface area contributed by atoms with Crippen LogP contribution in [0.2, 0.25) is 5.02 Å². The molecule has 1 fully saturated rings. The van der Waals surface area contributed by atoms with Gasteiger partial charge in [-0.05, 0) is 67.1 Å². The molecule has 6 nitrogen and oxygen atoms in total. The summed E-state index contributed by atoms with van der Waals surface area (Å²) in [6.07, 6.45) is 1.70. The number of nitrogens with one attached hydrogen (secondary N) is 1. The zero-order valence-electron chi connectivity index (χ0n) is 17.5. The first kappa shape index (κ1) is 22.3. The summed E-state index contributed by atoms with van der Waals surface area (Å²) < 4.78 is 0. The van der Waals surface area contributed by atoms with E-state index in [-0.39, 0.29) is 11.8 Å². The van der Waals surface area contributed by atoms with Crippen LogP contribution in [0.3, 0.4) is 0 Å². The molecule has 0 saturated carbocycles. The SMILES string of the molecule is CC(=O)N(c1cccc(Cl)c1)c1nc(/C=C2\SC(=Nc3cc(C)ccc3C)NC2=O)cs1. The van der Waals surface area contributed by atoms with Gasteiger partial charge in [0.1, 0.15) is 0 Å². The molecule has 2 heterocycles. The Bertz CT molecular complexity index is 1280. The van der Waals surface area contributed by atoms with E-state index in [0.717, 1.165) is 16.8 Å². The second-order valence-corrected chi connectivity index (χ2v) is 9.46. The molecule has 32 heavy (non-hydrogen) atoms. The first-order valence-electron chi connectivity index (χ1n) is 9.69. The highest BCUT2D eigenvalue weighted by Crippen LogP contribution is 2.33. The first-order chi connectivity index (χ1) is 15.3. The quantitative estimate of drug-likeness (QED) is 0.463. The number of halogens is 1. The topological polar surface area (TPSA) is 74.7 Å². The number of aliphatic imine (C=N–C) groups is 1. The predicted molar refractivity (Wildman–Crippen MR) is 133 cm³/mol. The van der Waals surface area contributed by atoms with Gasteiger partial charge < -0.3 is 5.32 Å². The molecule has 162 valence electrons. The minimum atomic E-state index is -0.230. The van der Waals surface area contributed by atoms with Gasteiger partial charge in [0.25, 0.3) is 5.91 Å². The summed E-state index contributed by atoms with van der Waals surface area (Å²) in [6.45, 7) is 5.45. The van der Waals surface area contributed by atoms with Gasteiger partial charge in [-0.1, -0.05) is 29.8 Å². The van der Waals surface area contributed by atoms with E-state index in [9.17, 15) is 9.59 Å². The number of hydrogen-bond acceptors (Lipinski definition) is 6. The van der Waals surface area contributed by atoms with Crippen LogP contribution in [0.5, 0.6) is 0 Å². The van der Waals surface area contributed by atoms with E-state index < -0.39 is 0 Å². The monoisotopic (exact) mass is 482 g/mol. The van der Waals surface area contributed by atoms with Crippen LogP contribution in [-0.4, -0.2) is 22.0 Å². The summed E-state index contributed by atoms with van der Waals surface area (Å²) in [5, 5.41) is 6.16. The number of thiazole rings is 1. The van der Waals surface area contributed by atoms with Crippen LogP contribution in [0.1, 0.15) is 23.7 Å². The van der Waals surface area contributed by atoms with Crippen LogP contribution in [0.15, 0.2) is 57.7 Å². The summed E-state index contributed by atoms with van der Waals surface area (Å²) in [7, 11) is 0. The van der Waals surface area contributed by atoms with Crippen molar-refractivity contribution < 1.29 is 9.59 Å². The predicted octanol–water partition coefficient (Wildman–Crippen LogP) is 5.99. The molecule has 9 heteroatoms. The van der Waals surface area contributed by atoms with Gasteiger partial charge in [0.05, 0.1) is 22.0 Å². The van der Waals surface area contributed by atoms with Crippen LogP contribution in [-0.2, 0) is 9.59 Å². The summed E-state index contributed by atoms with van der Waals surface area (Å²) >= 11 is 8.66. The number of amides is 2. The Morgan fingerprint density at radius 1 is 1.22 bits per heavy atom. The molecule has 1 aliphatic heterocycles. The Morgan fingerprint density at radius 3 is 2.78 bits per heavy atom. The maximum absolute atomic E-state index is 12.5. The van der Waals surface area contributed by atoms with Crippen molar-refractivity contribution in [1.82, 2.24) is 10.3 Å². The van der Waals surface area contributed by atoms with Crippen molar-refractivity contribution in [3.63, 3.8) is 0 Å². The average Bonchev–Trinajstić information content (AvgIpc) is 3.31. The number of nitrogens with zero attached hydrogens (tertiary/aromatic N) is 3. The minimum Gasteiger partial charge on any atom is -0.300 e. The van der Waals surface area contributed by atoms with Gasteiger partial charge in [-0.15, -0.1) is 11.3 Å². The fraction of sp³-hybridized carbons (Fsp3) is 0.130. The maximum Gasteiger partial charge on any atom is 0.264 e. The standard InChI is InChI=1S/C23H19ClN4O2S2/c1-13-7-8-14(2)19(9-13)26-22-27-21(30)20(32-22)11-17-12-31-23(25-17)28(15(3)29)18-6-4-5-16(24)10-18/h4-12H,1-3H3,(H,26,27,30)/b20-11-. The number of benzene rings is 2. The Kier molecular flexibility index (Phi) is 6.45. The lowest BCUT2D eigenvalue weighted by molar-refractivity contribution is -0.116. The molecule has 0 bridgehead atoms. The summed E-state index contributed by atoms with van der Waals surface area (Å²) in [5.74, 6) is -0.413. The van der Waals surface area contributed by atoms with Gasteiger partial charge in [0, 0.05) is 17.3 Å². The largest absolute Gasteiger partial charge is 0.300 e. The number of amidine groups is 1. The van der Waals surface area contributed by atoms with Gasteiger partial charge in [0.15, 0.2) is 10.3 Å². The molecule has 1 saturated heterocycles. The molecule has 2 amide bonds. The highest BCUT2D eigenvalue weighted by molar-refractivity contribution is 8.18. The lowest BCUT2D eigenvalue weighted by atomic mass is 10.1. The fourth-order valence-corrected chi connectivity index (χ4v) is 4.90. The number of anilines is 2. The summed E-state index contributed by atoms with van der Waals surface area (Å²) in [6, 6.07) is 13.0. The zero-order chi connectivity index (χ0) is 22.8. The van der Waals surface area contributed by atoms with E-state index in [1.54, 1.807) is 35.7 Å². The van der Waals surface area contributed by atoms with Gasteiger partial charge >= 0.3 is 0 Å². The Morgan fingerprint density at radius 2 is 2.03 bits per heavy atom. The lowest BCUT2D eigenvalue weighted by Gasteiger charge is -2.18. The summed E-state index contributed by atoms with van der Waals surface area (Å²) in [5.41, 5.74) is 4.18. The van der Waals surface area contributed by atoms with Gasteiger partial charge in [0.2, 0.25) is 5.91 Å². The van der Waals surface area contributed by atoms with E-state index in [4.69, 9.17) is 11.6 Å². The van der Waals surface area contributed by atoms with Crippen LogP contribution in [0.4, 0.5) is 16.5 Å². The van der Waals surface area contributed by atoms with Crippen LogP contribution < -0.4 is 10.2 Å². The van der Waals surface area contributed by atoms with Crippen LogP contribution in [0, 0.1) is 13.8 Å². The Hall–Kier alpha value is -2.94. The number of rotatable bonds is 4. The Balaban J connectivity index is 1.59. The number of hydrogen-bond donors (Lipinski definition) is 1. The smallest absolute Gasteiger partial charge is 0.264 e. The van der Waals surface area contributed by atoms with Crippen LogP contribution in [0.25, 0.3) is 6.08 Å². The zero-order valence-corrected chi connectivity index (χ0v) is 19.9. The normalized spacial score (nSPS) is 15.9. The molecule has 0 spiro atoms. The maximum atomic E-state index is 12.5. The van der Waals surface area contributed by atoms with Crippen LogP contribution >= 0.6 is 34.7 Å². The number of carbonyl (C=O) groups excluding carboxylic acids is 2. The third kappa shape index (κ3) is 4.93. The molecule has 1 N–H and O–H groups in total. The van der Waals surface area contributed by atoms with Crippen molar-refractivity contribution in [3.05, 3.63) is 74.6 Å². The third-order valence-corrected chi connectivity index (χ3v) is 6.59. The molecular formula is C23H19ClN4O2S2. The first-order valence-corrected chi connectivity index (χ1v) is 11.8. The summed E-state index contributed by atoms with van der Waals surface area (Å²) in [4.78, 5) is 35.8. The molecule has 2 aromatic carbocycles. The minimum absolute atomic E-state index is 0.184. The van der Waals surface area contributed by atoms with E-state index >= 15 is 0 Å². The van der Waals surface area contributed by atoms with E-state index in [1.807, 2.05) is 32.0 Å². The van der Waals surface area contributed by atoms with E-state index in [1.165, 1.54) is 34.9 Å². The molecule has 1 aromatic heterocycles. The Labute approximate surface area is 199 Å². The highest BCUT2D eigenvalue weighted by atomic mass is 35.5. The van der Waals surface area contributed by atoms with Crippen molar-refractivity contribution in [2.75, 3.05) is 4.90 Å². The molecule has 4 rings (SSSR count). The van der Waals surface area contributed by atoms with Crippen molar-refractivity contribution in [2.24, 2.45) is 4.99 Å². The van der Waals surface area contributed by atoms with Crippen molar-refractivity contribution in [1.29, 1.82) is 0 Å². The van der Waals surface area contributed by atoms with Crippen molar-refractivity contribution in [3.8, 4) is 0 Å². The number of carbonyl (C=O) groups is 2. The second-order valence-electron chi connectivity index (χ2n) is 7.16. The van der Waals surface area contributed by atoms with Crippen molar-refractivity contribution in [2.45, 2.75) is 20.8 Å². The molecular weight excluding hydrogens is 464 g/mol. The van der Waals surface area contributed by atoms with Gasteiger partial charge in [-0.3, -0.25) is 14.5 Å². The number of aryl methyl sites for hydroxylation is 2. The molecule has 0 atom stereocenters. The highest BCUT2D eigenvalue weighted by Gasteiger charge is 2.25. The van der Waals surface area contributed by atoms with Crippen molar-refractivity contribution >= 4 is 74.3 Å². The molecule has 1 aliphatic rings. The molecule has 0 aliphatic carbocycles. The van der Waals surface area contributed by atoms with E-state index in [2.05, 4.69) is 15.3 Å². The third-order valence-electron chi connectivity index (χ3n) is 4.60. The van der Waals surface area contributed by atoms with E-state index in [0.29, 0.717) is 31.6 Å². The number of thioether (sulfide) groups is 1. The molecule has 0 radical (unpaired) electrons. The second kappa shape index (κ2) is 9.28. The number of aromatic nitrogens is 1. The van der Waals surface area contributed by atoms with Gasteiger partial charge in [-0.2, -0.15) is 0 Å². The lowest BCUT2D eigenvalue weighted by Crippen LogP contribution is -2.22. The average molecular weight is 483 g/mol. The fourth-order valence-electron chi connectivity index (χ4n) is 3.05. The molecule has 3 aromatic rings.